The van der Waals surface area contributed by atoms with Crippen molar-refractivity contribution in [1.82, 2.24) is 19.8 Å². The third-order valence-corrected chi connectivity index (χ3v) is 8.97. The van der Waals surface area contributed by atoms with Gasteiger partial charge in [-0.3, -0.25) is 4.90 Å². The maximum atomic E-state index is 14.0. The van der Waals surface area contributed by atoms with Gasteiger partial charge in [0.2, 0.25) is 0 Å². The molecule has 2 aromatic carbocycles. The predicted molar refractivity (Wildman–Crippen MR) is 177 cm³/mol. The van der Waals surface area contributed by atoms with E-state index >= 15 is 0 Å². The van der Waals surface area contributed by atoms with Crippen LogP contribution in [0, 0.1) is 17.1 Å². The Hall–Kier alpha value is -4.70. The number of rotatable bonds is 10. The number of amides is 2. The average molecular weight is 644 g/mol. The molecule has 2 saturated heterocycles. The fraction of sp³-hybridized carbons (Fsp3) is 0.333. The highest BCUT2D eigenvalue weighted by Crippen LogP contribution is 2.38. The zero-order valence-corrected chi connectivity index (χ0v) is 25.8. The Morgan fingerprint density at radius 2 is 1.91 bits per heavy atom. The van der Waals surface area contributed by atoms with Crippen LogP contribution in [0.2, 0.25) is 5.02 Å². The van der Waals surface area contributed by atoms with Crippen molar-refractivity contribution in [2.75, 3.05) is 30.3 Å². The first-order chi connectivity index (χ1) is 22.3. The van der Waals surface area contributed by atoms with Crippen LogP contribution >= 0.6 is 11.6 Å². The highest BCUT2D eigenvalue weighted by atomic mass is 35.5. The summed E-state index contributed by atoms with van der Waals surface area (Å²) in [6.07, 6.45) is 8.17. The molecule has 0 aliphatic carbocycles. The smallest absolute Gasteiger partial charge is 0.319 e. The highest BCUT2D eigenvalue weighted by molar-refractivity contribution is 6.33. The molecule has 2 aromatic heterocycles. The second-order valence-electron chi connectivity index (χ2n) is 11.6. The zero-order chi connectivity index (χ0) is 32.2. The fourth-order valence-corrected chi connectivity index (χ4v) is 6.71. The first-order valence-corrected chi connectivity index (χ1v) is 15.7. The molecular formula is C33H35ClFN9O2. The van der Waals surface area contributed by atoms with E-state index in [-0.39, 0.29) is 35.7 Å². The van der Waals surface area contributed by atoms with Gasteiger partial charge in [0.1, 0.15) is 11.7 Å². The first-order valence-electron chi connectivity index (χ1n) is 15.3. The van der Waals surface area contributed by atoms with Gasteiger partial charge < -0.3 is 26.8 Å². The van der Waals surface area contributed by atoms with Crippen LogP contribution < -0.4 is 21.7 Å². The molecule has 2 fully saturated rings. The number of benzene rings is 2. The maximum absolute atomic E-state index is 14.0. The van der Waals surface area contributed by atoms with Gasteiger partial charge in [-0.25, -0.2) is 18.7 Å². The van der Waals surface area contributed by atoms with Gasteiger partial charge in [0.15, 0.2) is 0 Å². The Morgan fingerprint density at radius 1 is 1.15 bits per heavy atom. The molecule has 13 heteroatoms. The number of halogens is 2. The molecule has 2 aliphatic heterocycles. The summed E-state index contributed by atoms with van der Waals surface area (Å²) in [6.45, 7) is 0.819. The molecule has 2 amide bonds. The van der Waals surface area contributed by atoms with E-state index in [1.807, 2.05) is 24.4 Å². The summed E-state index contributed by atoms with van der Waals surface area (Å²) in [5.74, 6) is -0.318. The van der Waals surface area contributed by atoms with Gasteiger partial charge in [-0.2, -0.15) is 10.4 Å². The first kappa shape index (κ1) is 31.3. The molecule has 6 rings (SSSR count). The number of nitrogens with two attached hydrogens (primary N) is 1. The number of nitrogens with zero attached hydrogens (tertiary/aromatic N) is 5. The van der Waals surface area contributed by atoms with Crippen LogP contribution in [0.25, 0.3) is 16.6 Å². The number of anilines is 2. The molecule has 0 saturated carbocycles. The van der Waals surface area contributed by atoms with Crippen LogP contribution in [0.4, 0.5) is 26.2 Å². The molecule has 2 aliphatic rings. The summed E-state index contributed by atoms with van der Waals surface area (Å²) in [5, 5.41) is 32.1. The number of piperidine rings is 1. The number of fused-ring (bicyclic) bond motifs is 3. The highest BCUT2D eigenvalue weighted by Gasteiger charge is 2.40. The Labute approximate surface area is 270 Å². The van der Waals surface area contributed by atoms with Crippen molar-refractivity contribution >= 4 is 46.0 Å². The second-order valence-corrected chi connectivity index (χ2v) is 12.0. The summed E-state index contributed by atoms with van der Waals surface area (Å²) >= 11 is 6.31. The van der Waals surface area contributed by atoms with Crippen LogP contribution in [-0.2, 0) is 0 Å². The van der Waals surface area contributed by atoms with Gasteiger partial charge in [-0.15, -0.1) is 0 Å². The quantitative estimate of drug-likeness (QED) is 0.116. The van der Waals surface area contributed by atoms with Crippen LogP contribution in [-0.4, -0.2) is 69.3 Å². The summed E-state index contributed by atoms with van der Waals surface area (Å²) in [7, 11) is 0. The Balaban J connectivity index is 1.33. The molecule has 6 N–H and O–H groups in total. The number of aliphatic hydroxyl groups is 1. The number of hydrogen-bond acceptors (Lipinski definition) is 7. The largest absolute Gasteiger partial charge is 0.395 e. The van der Waals surface area contributed by atoms with Gasteiger partial charge in [0.05, 0.1) is 46.4 Å². The van der Waals surface area contributed by atoms with Crippen LogP contribution in [0.1, 0.15) is 37.7 Å². The molecule has 238 valence electrons. The van der Waals surface area contributed by atoms with Crippen molar-refractivity contribution in [3.8, 4) is 17.2 Å². The van der Waals surface area contributed by atoms with E-state index in [9.17, 15) is 9.18 Å². The number of aliphatic imine (C=N–C) groups is 1. The summed E-state index contributed by atoms with van der Waals surface area (Å²) < 4.78 is 15.8. The standard InChI is InChI=1S/C33H35ClFN9O2/c34-28-9-4-22(35)15-29(28)42-32(37)27-18-39-44-19-21(20-2-5-23(6-3-20)41-33(46)38-11-13-45)14-30(44)31(27)40-24-16-25-7-8-26(17-24)43(25)12-1-10-36/h2-6,9,14-15,18-19,24-26,40,45H,1,7-8,11-13,16-17H2,(H2,37,42)(H2,38,41,46)/t24-,25-,26+. The monoisotopic (exact) mass is 643 g/mol. The minimum absolute atomic E-state index is 0.139. The number of amidine groups is 1. The van der Waals surface area contributed by atoms with Gasteiger partial charge in [0.25, 0.3) is 0 Å². The summed E-state index contributed by atoms with van der Waals surface area (Å²) in [4.78, 5) is 19.0. The van der Waals surface area contributed by atoms with E-state index < -0.39 is 11.8 Å². The van der Waals surface area contributed by atoms with E-state index in [4.69, 9.17) is 27.7 Å². The SMILES string of the molecule is N#CCCN1[C@@H]2CC[C@H]1C[C@H](Nc1c(/C(N)=N/c3cc(F)ccc3Cl)cnn3cc(-c4ccc(NC(=O)NCCO)cc4)cc13)C2. The molecule has 0 spiro atoms. The molecule has 2 bridgehead atoms. The number of urea groups is 1. The maximum Gasteiger partial charge on any atom is 0.319 e. The van der Waals surface area contributed by atoms with Crippen molar-refractivity contribution in [3.05, 3.63) is 77.3 Å². The number of carbonyl (C=O) groups is 1. The van der Waals surface area contributed by atoms with Gasteiger partial charge in [0, 0.05) is 61.1 Å². The number of carbonyl (C=O) groups excluding carboxylic acids is 1. The van der Waals surface area contributed by atoms with Crippen molar-refractivity contribution in [2.45, 2.75) is 50.2 Å². The Kier molecular flexibility index (Phi) is 9.35. The summed E-state index contributed by atoms with van der Waals surface area (Å²) in [5.41, 5.74) is 11.4. The molecular weight excluding hydrogens is 609 g/mol. The molecule has 46 heavy (non-hydrogen) atoms. The lowest BCUT2D eigenvalue weighted by atomic mass is 9.96. The molecule has 11 nitrogen and oxygen atoms in total. The van der Waals surface area contributed by atoms with Gasteiger partial charge in [-0.05, 0) is 61.6 Å². The third kappa shape index (κ3) is 6.77. The summed E-state index contributed by atoms with van der Waals surface area (Å²) in [6, 6.07) is 16.2. The molecule has 0 radical (unpaired) electrons. The van der Waals surface area contributed by atoms with Gasteiger partial charge in [-0.1, -0.05) is 23.7 Å². The molecule has 4 heterocycles. The predicted octanol–water partition coefficient (Wildman–Crippen LogP) is 5.27. The second kappa shape index (κ2) is 13.7. The fourth-order valence-electron chi connectivity index (χ4n) is 6.55. The normalized spacial score (nSPS) is 19.6. The Morgan fingerprint density at radius 3 is 2.63 bits per heavy atom. The van der Waals surface area contributed by atoms with Crippen LogP contribution in [0.15, 0.2) is 65.9 Å². The zero-order valence-electron chi connectivity index (χ0n) is 25.1. The molecule has 4 aromatic rings. The lowest BCUT2D eigenvalue weighted by Gasteiger charge is -2.39. The van der Waals surface area contributed by atoms with Crippen LogP contribution in [0.3, 0.4) is 0 Å². The van der Waals surface area contributed by atoms with Crippen molar-refractivity contribution in [2.24, 2.45) is 10.7 Å². The van der Waals surface area contributed by atoms with E-state index in [2.05, 4.69) is 37.0 Å². The lowest BCUT2D eigenvalue weighted by Crippen LogP contribution is -2.47. The number of aromatic nitrogens is 2. The topological polar surface area (TPSA) is 156 Å². The van der Waals surface area contributed by atoms with E-state index in [1.54, 1.807) is 22.8 Å². The molecule has 3 atom stereocenters. The minimum Gasteiger partial charge on any atom is -0.395 e. The lowest BCUT2D eigenvalue weighted by molar-refractivity contribution is 0.136. The number of nitrogens with one attached hydrogen (secondary N) is 3. The van der Waals surface area contributed by atoms with Gasteiger partial charge >= 0.3 is 6.03 Å². The van der Waals surface area contributed by atoms with Crippen molar-refractivity contribution in [1.29, 1.82) is 5.26 Å². The third-order valence-electron chi connectivity index (χ3n) is 8.65. The van der Waals surface area contributed by atoms with Crippen molar-refractivity contribution < 1.29 is 14.3 Å². The van der Waals surface area contributed by atoms with E-state index in [1.165, 1.54) is 18.2 Å². The number of nitriles is 1. The Bertz CT molecular complexity index is 1790. The van der Waals surface area contributed by atoms with E-state index in [0.717, 1.165) is 54.6 Å². The number of hydrogen-bond donors (Lipinski definition) is 5. The van der Waals surface area contributed by atoms with Crippen molar-refractivity contribution in [3.63, 3.8) is 0 Å². The van der Waals surface area contributed by atoms with Crippen LogP contribution in [0.5, 0.6) is 0 Å². The average Bonchev–Trinajstić information content (AvgIpc) is 3.59. The van der Waals surface area contributed by atoms with E-state index in [0.29, 0.717) is 29.8 Å². The minimum atomic E-state index is -0.468. The number of aliphatic hydroxyl groups excluding tert-OH is 1. The molecule has 0 unspecified atom stereocenters.